The molecule has 7 fully saturated rings. The fraction of sp³-hybridized carbons (Fsp3) is 0.606. The number of ether oxygens (including phenoxy) is 7. The van der Waals surface area contributed by atoms with E-state index >= 15 is 0 Å². The Hall–Kier alpha value is -10.0. The molecule has 10 aromatic rings. The molecule has 0 radical (unpaired) electrons. The smallest absolute Gasteiger partial charge is 0.394 e. The molecule has 130 heavy (non-hydrogen) atoms. The fourth-order valence-electron chi connectivity index (χ4n) is 15.8. The van der Waals surface area contributed by atoms with Gasteiger partial charge in [-0.25, -0.2) is 68.0 Å². The Balaban J connectivity index is 0.000000150. The van der Waals surface area contributed by atoms with Crippen molar-refractivity contribution in [3.8, 4) is 0 Å². The zero-order chi connectivity index (χ0) is 92.2. The highest BCUT2D eigenvalue weighted by molar-refractivity contribution is 7.52. The van der Waals surface area contributed by atoms with E-state index in [9.17, 15) is 73.1 Å². The first-order valence-corrected chi connectivity index (χ1v) is 46.1. The number of nitrogens with two attached hydrogens (primary N) is 5. The predicted molar refractivity (Wildman–Crippen MR) is 450 cm³/mol. The second kappa shape index (κ2) is 40.6. The molecule has 22 N–H and O–H groups in total. The molecule has 7 aliphatic rings. The number of hydrogen-bond donors (Lipinski definition) is 17. The standard InChI is InChI=1S/C24H34N11O8P.C24H33N8O11P.C23H34N9O9P/c1-2-3-4-31-44(39,43-13-6-17(41-14(13)7-36)34-10-29-18-20(25)27-9-28-21(18)34)40-8-15-12(37)5-16(42-15)35-11-30-19-22(35)32-24(26)33-23(19)38;1-39-19-18(35)14(42-22(19)31-7-4-15(34)27-24(31)37)10-40-44(38,30-5-2-3-6-30)43-12-8-16(41-13(12)9-33)32-11-26-17-20(32)28-23(25)29-21(17)36;1-2-3-5-27-42(37,38-10-15-12(34)7-17(40-15)31-6-4-16(24)28-23(31)36)41-13-8-18(39-14(13)9-33)32-11-26-19-20(32)29-22(25)30-21(19)35/h9-17,36-37H,2-8H2,1H3,(H,31,39)(H2,25,27,28)(H3,26,32,33,38);4,7,11-14,16,18-19,22,33,35H,2-3,5-6,8-10H2,1H3,(H,27,34,37)(H3,25,28,29,36);4,6,11-15,17-18,33-34H,2-3,5,7-10H2,1H3,(H,27,37)(H2,24,28,36)(H3,25,29,30,35)/t12-,13-,14-,15-,16-,17-,44?;12-,13-,14-,16-,18+,19?,22-,44?;12-,13-,14-,15-,17-,18-,42?/m111/s1. The first-order chi connectivity index (χ1) is 62.4. The number of nitrogen functional groups attached to an aromatic ring is 5. The van der Waals surface area contributed by atoms with Gasteiger partial charge in [-0.3, -0.25) is 93.7 Å². The van der Waals surface area contributed by atoms with Gasteiger partial charge < -0.3 is 92.5 Å². The number of imidazole rings is 4. The van der Waals surface area contributed by atoms with E-state index in [1.165, 1.54) is 75.5 Å². The lowest BCUT2D eigenvalue weighted by atomic mass is 10.1. The summed E-state index contributed by atoms with van der Waals surface area (Å²) in [5.74, 6) is -0.0317. The molecule has 0 spiro atoms. The van der Waals surface area contributed by atoms with Gasteiger partial charge in [0, 0.05) is 83.9 Å². The molecule has 7 aliphatic heterocycles. The molecular formula is C71H101N28O28P3. The summed E-state index contributed by atoms with van der Waals surface area (Å²) in [6.45, 7) is 3.04. The largest absolute Gasteiger partial charge is 0.408 e. The Kier molecular flexibility index (Phi) is 29.5. The van der Waals surface area contributed by atoms with Crippen LogP contribution in [0.2, 0.25) is 0 Å². The van der Waals surface area contributed by atoms with Crippen LogP contribution in [0.1, 0.15) is 122 Å². The number of anilines is 5. The van der Waals surface area contributed by atoms with Gasteiger partial charge >= 0.3 is 34.6 Å². The number of nitrogens with one attached hydrogen (secondary N) is 6. The molecule has 10 aromatic heterocycles. The van der Waals surface area contributed by atoms with Crippen LogP contribution in [-0.2, 0) is 74.0 Å². The minimum absolute atomic E-state index is 0.0469. The van der Waals surface area contributed by atoms with Crippen molar-refractivity contribution in [2.24, 2.45) is 0 Å². The van der Waals surface area contributed by atoms with Gasteiger partial charge in [-0.05, 0) is 31.7 Å². The molecule has 0 amide bonds. The Bertz CT molecular complexity index is 6160. The first kappa shape index (κ1) is 94.6. The topological polar surface area (TPSA) is 774 Å². The second-order valence-electron chi connectivity index (χ2n) is 31.2. The zero-order valence-electron chi connectivity index (χ0n) is 70.0. The van der Waals surface area contributed by atoms with Gasteiger partial charge in [0.15, 0.2) is 51.2 Å². The molecule has 59 heteroatoms. The van der Waals surface area contributed by atoms with Crippen LogP contribution in [0.25, 0.3) is 44.7 Å². The van der Waals surface area contributed by atoms with Gasteiger partial charge in [-0.2, -0.15) is 19.9 Å². The van der Waals surface area contributed by atoms with Crippen LogP contribution in [0.4, 0.5) is 29.5 Å². The number of hydrogen-bond acceptors (Lipinski definition) is 43. The van der Waals surface area contributed by atoms with Crippen molar-refractivity contribution in [1.29, 1.82) is 0 Å². The Morgan fingerprint density at radius 1 is 0.485 bits per heavy atom. The van der Waals surface area contributed by atoms with Crippen LogP contribution in [0, 0.1) is 0 Å². The average molecular weight is 1890 g/mol. The zero-order valence-corrected chi connectivity index (χ0v) is 72.7. The molecule has 0 bridgehead atoms. The monoisotopic (exact) mass is 1890 g/mol. The van der Waals surface area contributed by atoms with E-state index in [-0.39, 0.29) is 108 Å². The number of fused-ring (bicyclic) bond motifs is 4. The lowest BCUT2D eigenvalue weighted by Crippen LogP contribution is -2.39. The summed E-state index contributed by atoms with van der Waals surface area (Å²) >= 11 is 0. The molecule has 56 nitrogen and oxygen atoms in total. The normalized spacial score (nSPS) is 28.4. The highest BCUT2D eigenvalue weighted by atomic mass is 31.2. The van der Waals surface area contributed by atoms with Crippen LogP contribution in [0.5, 0.6) is 0 Å². The lowest BCUT2D eigenvalue weighted by molar-refractivity contribution is -0.0646. The van der Waals surface area contributed by atoms with Gasteiger partial charge in [0.25, 0.3) is 22.2 Å². The lowest BCUT2D eigenvalue weighted by Gasteiger charge is -2.30. The molecular weight excluding hydrogens is 1790 g/mol. The third-order valence-electron chi connectivity index (χ3n) is 22.5. The minimum atomic E-state index is -4.07. The third-order valence-corrected chi connectivity index (χ3v) is 27.9. The van der Waals surface area contributed by atoms with Gasteiger partial charge in [-0.15, -0.1) is 0 Å². The van der Waals surface area contributed by atoms with E-state index in [4.69, 9.17) is 89.0 Å². The maximum atomic E-state index is 14.4. The van der Waals surface area contributed by atoms with E-state index in [2.05, 4.69) is 80.0 Å². The summed E-state index contributed by atoms with van der Waals surface area (Å²) in [6.07, 6.45) is -2.84. The molecule has 0 aliphatic carbocycles. The van der Waals surface area contributed by atoms with Crippen LogP contribution >= 0.6 is 23.2 Å². The number of methoxy groups -OCH3 is 1. The van der Waals surface area contributed by atoms with Crippen LogP contribution < -0.4 is 72.5 Å². The summed E-state index contributed by atoms with van der Waals surface area (Å²) in [4.78, 5) is 123. The van der Waals surface area contributed by atoms with Crippen molar-refractivity contribution in [3.05, 3.63) is 119 Å². The predicted octanol–water partition coefficient (Wildman–Crippen LogP) is -2.27. The van der Waals surface area contributed by atoms with E-state index in [1.807, 2.05) is 13.8 Å². The van der Waals surface area contributed by atoms with Crippen LogP contribution in [-0.4, -0.2) is 285 Å². The maximum absolute atomic E-state index is 14.4. The molecule has 7 saturated heterocycles. The number of rotatable bonds is 34. The van der Waals surface area contributed by atoms with Crippen molar-refractivity contribution in [2.45, 2.75) is 201 Å². The number of aromatic amines is 4. The number of unbranched alkanes of at least 4 members (excludes halogenated alkanes) is 2. The van der Waals surface area contributed by atoms with Gasteiger partial charge in [0.05, 0.1) is 77.2 Å². The van der Waals surface area contributed by atoms with Gasteiger partial charge in [0.2, 0.25) is 17.8 Å². The summed E-state index contributed by atoms with van der Waals surface area (Å²) < 4.78 is 129. The Morgan fingerprint density at radius 3 is 1.35 bits per heavy atom. The highest BCUT2D eigenvalue weighted by Gasteiger charge is 2.52. The average Bonchev–Trinajstić information content (AvgIpc) is 1.89. The van der Waals surface area contributed by atoms with Crippen molar-refractivity contribution >= 4 is 97.4 Å². The number of H-pyrrole nitrogens is 4. The van der Waals surface area contributed by atoms with Crippen LogP contribution in [0.15, 0.2) is 84.9 Å². The van der Waals surface area contributed by atoms with E-state index in [0.29, 0.717) is 50.2 Å². The Labute approximate surface area is 732 Å². The minimum Gasteiger partial charge on any atom is -0.394 e. The number of aliphatic hydroxyl groups excluding tert-OH is 6. The quantitative estimate of drug-likeness (QED) is 0.0149. The van der Waals surface area contributed by atoms with E-state index < -0.39 is 200 Å². The number of aliphatic hydroxyl groups is 6. The molecule has 0 aromatic carbocycles. The molecule has 708 valence electrons. The highest BCUT2D eigenvalue weighted by Crippen LogP contribution is 2.58. The number of aromatic nitrogens is 20. The Morgan fingerprint density at radius 2 is 0.908 bits per heavy atom. The van der Waals surface area contributed by atoms with Gasteiger partial charge in [-0.1, -0.05) is 26.7 Å². The van der Waals surface area contributed by atoms with Crippen molar-refractivity contribution < 1.29 is 105 Å². The van der Waals surface area contributed by atoms with Crippen molar-refractivity contribution in [2.75, 3.05) is 102 Å². The molecule has 22 atom stereocenters. The fourth-order valence-corrected chi connectivity index (χ4v) is 21.0. The molecule has 17 heterocycles. The molecule has 17 rings (SSSR count). The number of nitrogens with zero attached hydrogens (tertiary/aromatic N) is 17. The maximum Gasteiger partial charge on any atom is 0.408 e. The first-order valence-electron chi connectivity index (χ1n) is 41.5. The van der Waals surface area contributed by atoms with Crippen molar-refractivity contribution in [1.82, 2.24) is 112 Å². The summed E-state index contributed by atoms with van der Waals surface area (Å²) in [5.41, 5.74) is 26.6. The van der Waals surface area contributed by atoms with E-state index in [1.54, 1.807) is 9.24 Å². The second-order valence-corrected chi connectivity index (χ2v) is 36.7. The van der Waals surface area contributed by atoms with Crippen LogP contribution in [0.3, 0.4) is 0 Å². The van der Waals surface area contributed by atoms with Gasteiger partial charge in [0.1, 0.15) is 116 Å². The SMILES string of the molecule is CCCCNP(=O)(OC[C@H]1O[C@@H](n2ccc(N)nc2=O)C[C@H]1O)O[C@@H]1C[C@H](n2cnc3c(=O)[nH]c(N)nc32)O[C@@H]1CO.CCCCNP(=O)(OC[C@H]1O[C@@H](n2cnc3c(=O)[nH]c(N)nc32)C[C@H]1O)O[C@@H]1C[C@H](n2cnc3c(N)ncnc32)O[C@@H]1CO.COC1[C@@H](O)[C@@H](COP(=O)(O[C@@H]2C[C@H](n3cnc4c(=O)[nH]c(N)nc43)O[C@@H]2CO)N2CCCC2)O[C@H]1n1ccc(=O)[nH]c1=O. The molecule has 4 unspecified atom stereocenters. The summed E-state index contributed by atoms with van der Waals surface area (Å²) in [7, 11) is -10.8. The summed E-state index contributed by atoms with van der Waals surface area (Å²) in [6, 6.07) is 2.57. The third kappa shape index (κ3) is 20.6. The summed E-state index contributed by atoms with van der Waals surface area (Å²) in [5, 5.41) is 68.2. The van der Waals surface area contributed by atoms with Crippen molar-refractivity contribution in [3.63, 3.8) is 0 Å². The van der Waals surface area contributed by atoms with E-state index in [0.717, 1.165) is 36.3 Å². The molecule has 0 saturated carbocycles.